The Labute approximate surface area is 137 Å². The van der Waals surface area contributed by atoms with Gasteiger partial charge in [0.05, 0.1) is 26.2 Å². The molecule has 0 atom stereocenters. The van der Waals surface area contributed by atoms with Crippen molar-refractivity contribution in [3.63, 3.8) is 0 Å². The molecule has 0 radical (unpaired) electrons. The minimum absolute atomic E-state index is 0.563. The van der Waals surface area contributed by atoms with Gasteiger partial charge in [-0.25, -0.2) is 9.97 Å². The first kappa shape index (κ1) is 15.2. The number of aromatic nitrogens is 3. The van der Waals surface area contributed by atoms with E-state index in [9.17, 15) is 0 Å². The van der Waals surface area contributed by atoms with Crippen LogP contribution in [0.25, 0.3) is 21.6 Å². The van der Waals surface area contributed by atoms with E-state index in [1.54, 1.807) is 33.7 Å². The van der Waals surface area contributed by atoms with E-state index in [0.717, 1.165) is 21.6 Å². The summed E-state index contributed by atoms with van der Waals surface area (Å²) in [4.78, 5) is 9.12. The highest BCUT2D eigenvalue weighted by atomic mass is 32.1. The van der Waals surface area contributed by atoms with Crippen LogP contribution in [0.5, 0.6) is 17.2 Å². The van der Waals surface area contributed by atoms with Gasteiger partial charge >= 0.3 is 0 Å². The zero-order valence-electron chi connectivity index (χ0n) is 12.9. The second-order valence-corrected chi connectivity index (χ2v) is 5.41. The molecular formula is C16H15N3O3S. The summed E-state index contributed by atoms with van der Waals surface area (Å²) in [6.07, 6.45) is 6.83. The van der Waals surface area contributed by atoms with Crippen LogP contribution in [-0.4, -0.2) is 35.7 Å². The lowest BCUT2D eigenvalue weighted by atomic mass is 10.1. The van der Waals surface area contributed by atoms with E-state index in [0.29, 0.717) is 17.2 Å². The first-order valence-electron chi connectivity index (χ1n) is 6.79. The number of rotatable bonds is 5. The van der Waals surface area contributed by atoms with Crippen molar-refractivity contribution < 1.29 is 14.2 Å². The quantitative estimate of drug-likeness (QED) is 0.715. The fraction of sp³-hybridized carbons (Fsp3) is 0.188. The predicted octanol–water partition coefficient (Wildman–Crippen LogP) is 3.29. The lowest BCUT2D eigenvalue weighted by Crippen LogP contribution is -1.95. The van der Waals surface area contributed by atoms with Gasteiger partial charge in [0, 0.05) is 35.3 Å². The summed E-state index contributed by atoms with van der Waals surface area (Å²) < 4.78 is 20.5. The van der Waals surface area contributed by atoms with Crippen molar-refractivity contribution >= 4 is 11.5 Å². The minimum atomic E-state index is 0.563. The second-order valence-electron chi connectivity index (χ2n) is 4.61. The largest absolute Gasteiger partial charge is 0.493 e. The highest BCUT2D eigenvalue weighted by molar-refractivity contribution is 7.10. The van der Waals surface area contributed by atoms with Gasteiger partial charge in [-0.3, -0.25) is 0 Å². The third-order valence-corrected chi connectivity index (χ3v) is 4.22. The number of nitrogens with zero attached hydrogens (tertiary/aromatic N) is 3. The molecule has 0 saturated carbocycles. The summed E-state index contributed by atoms with van der Waals surface area (Å²) in [6, 6.07) is 3.81. The highest BCUT2D eigenvalue weighted by Crippen LogP contribution is 2.44. The molecule has 1 aromatic carbocycles. The summed E-state index contributed by atoms with van der Waals surface area (Å²) >= 11 is 1.39. The minimum Gasteiger partial charge on any atom is -0.493 e. The molecule has 2 aromatic heterocycles. The molecule has 7 heteroatoms. The van der Waals surface area contributed by atoms with E-state index < -0.39 is 0 Å². The van der Waals surface area contributed by atoms with Gasteiger partial charge in [0.15, 0.2) is 11.5 Å². The molecule has 0 unspecified atom stereocenters. The van der Waals surface area contributed by atoms with Gasteiger partial charge in [-0.1, -0.05) is 0 Å². The standard InChI is InChI=1S/C16H15N3O3S/c1-20-13-4-10(5-14(21-2)15(13)22-3)16-12(8-19-23-16)11-6-17-9-18-7-11/h4-9H,1-3H3. The number of hydrogen-bond acceptors (Lipinski definition) is 7. The Bertz CT molecular complexity index is 780. The zero-order chi connectivity index (χ0) is 16.2. The summed E-state index contributed by atoms with van der Waals surface area (Å²) in [5.74, 6) is 1.77. The summed E-state index contributed by atoms with van der Waals surface area (Å²) in [7, 11) is 4.78. The highest BCUT2D eigenvalue weighted by Gasteiger charge is 2.18. The molecule has 0 aliphatic heterocycles. The van der Waals surface area contributed by atoms with E-state index in [2.05, 4.69) is 14.3 Å². The first-order chi connectivity index (χ1) is 11.3. The maximum atomic E-state index is 5.42. The Balaban J connectivity index is 2.15. The molecule has 0 spiro atoms. The molecule has 6 nitrogen and oxygen atoms in total. The van der Waals surface area contributed by atoms with Crippen LogP contribution in [0.4, 0.5) is 0 Å². The predicted molar refractivity (Wildman–Crippen MR) is 88.2 cm³/mol. The van der Waals surface area contributed by atoms with E-state index in [4.69, 9.17) is 14.2 Å². The van der Waals surface area contributed by atoms with Crippen LogP contribution in [0.3, 0.4) is 0 Å². The molecule has 0 bridgehead atoms. The van der Waals surface area contributed by atoms with E-state index >= 15 is 0 Å². The number of ether oxygens (including phenoxy) is 3. The van der Waals surface area contributed by atoms with E-state index in [1.165, 1.54) is 17.9 Å². The summed E-state index contributed by atoms with van der Waals surface area (Å²) in [6.45, 7) is 0. The van der Waals surface area contributed by atoms with Crippen LogP contribution in [-0.2, 0) is 0 Å². The molecule has 0 aliphatic rings. The average Bonchev–Trinajstić information content (AvgIpc) is 3.10. The van der Waals surface area contributed by atoms with Crippen molar-refractivity contribution in [1.82, 2.24) is 14.3 Å². The Morgan fingerprint density at radius 2 is 1.48 bits per heavy atom. The topological polar surface area (TPSA) is 66.4 Å². The fourth-order valence-corrected chi connectivity index (χ4v) is 3.06. The van der Waals surface area contributed by atoms with Crippen LogP contribution < -0.4 is 14.2 Å². The zero-order valence-corrected chi connectivity index (χ0v) is 13.8. The molecule has 2 heterocycles. The van der Waals surface area contributed by atoms with Crippen molar-refractivity contribution in [2.75, 3.05) is 21.3 Å². The molecule has 0 amide bonds. The smallest absolute Gasteiger partial charge is 0.203 e. The van der Waals surface area contributed by atoms with Crippen LogP contribution >= 0.6 is 11.5 Å². The Hall–Kier alpha value is -2.67. The maximum absolute atomic E-state index is 5.42. The van der Waals surface area contributed by atoms with Gasteiger partial charge in [0.2, 0.25) is 5.75 Å². The molecular weight excluding hydrogens is 314 g/mol. The van der Waals surface area contributed by atoms with Crippen LogP contribution in [0.2, 0.25) is 0 Å². The van der Waals surface area contributed by atoms with Gasteiger partial charge in [0.1, 0.15) is 6.33 Å². The van der Waals surface area contributed by atoms with E-state index in [-0.39, 0.29) is 0 Å². The second kappa shape index (κ2) is 6.62. The Morgan fingerprint density at radius 3 is 2.04 bits per heavy atom. The van der Waals surface area contributed by atoms with Gasteiger partial charge in [-0.05, 0) is 23.7 Å². The average molecular weight is 329 g/mol. The Morgan fingerprint density at radius 1 is 0.826 bits per heavy atom. The lowest BCUT2D eigenvalue weighted by molar-refractivity contribution is 0.324. The molecule has 0 N–H and O–H groups in total. The monoisotopic (exact) mass is 329 g/mol. The van der Waals surface area contributed by atoms with Crippen LogP contribution in [0, 0.1) is 0 Å². The molecule has 3 aromatic rings. The molecule has 0 saturated heterocycles. The van der Waals surface area contributed by atoms with Crippen LogP contribution in [0.15, 0.2) is 37.1 Å². The SMILES string of the molecule is COc1cc(-c2sncc2-c2cncnc2)cc(OC)c1OC. The van der Waals surface area contributed by atoms with Crippen molar-refractivity contribution in [2.45, 2.75) is 0 Å². The van der Waals surface area contributed by atoms with Gasteiger partial charge < -0.3 is 14.2 Å². The van der Waals surface area contributed by atoms with Crippen molar-refractivity contribution in [3.8, 4) is 38.8 Å². The van der Waals surface area contributed by atoms with Gasteiger partial charge in [-0.2, -0.15) is 4.37 Å². The normalized spacial score (nSPS) is 10.4. The first-order valence-corrected chi connectivity index (χ1v) is 7.56. The summed E-state index contributed by atoms with van der Waals surface area (Å²) in [5, 5.41) is 0. The van der Waals surface area contributed by atoms with Crippen molar-refractivity contribution in [3.05, 3.63) is 37.1 Å². The molecule has 3 rings (SSSR count). The van der Waals surface area contributed by atoms with Gasteiger partial charge in [0.25, 0.3) is 0 Å². The maximum Gasteiger partial charge on any atom is 0.203 e. The number of benzene rings is 1. The third kappa shape index (κ3) is 2.83. The molecule has 0 fully saturated rings. The molecule has 0 aliphatic carbocycles. The number of hydrogen-bond donors (Lipinski definition) is 0. The fourth-order valence-electron chi connectivity index (χ4n) is 2.30. The van der Waals surface area contributed by atoms with Crippen molar-refractivity contribution in [1.29, 1.82) is 0 Å². The third-order valence-electron chi connectivity index (χ3n) is 3.37. The van der Waals surface area contributed by atoms with Gasteiger partial charge in [-0.15, -0.1) is 0 Å². The number of methoxy groups -OCH3 is 3. The summed E-state index contributed by atoms with van der Waals surface area (Å²) in [5.41, 5.74) is 2.80. The van der Waals surface area contributed by atoms with Crippen molar-refractivity contribution in [2.24, 2.45) is 0 Å². The van der Waals surface area contributed by atoms with E-state index in [1.807, 2.05) is 18.3 Å². The van der Waals surface area contributed by atoms with Crippen LogP contribution in [0.1, 0.15) is 0 Å². The Kier molecular flexibility index (Phi) is 4.38. The molecule has 23 heavy (non-hydrogen) atoms. The lowest BCUT2D eigenvalue weighted by Gasteiger charge is -2.14. The molecule has 118 valence electrons.